The zero-order chi connectivity index (χ0) is 21.0. The van der Waals surface area contributed by atoms with E-state index in [0.717, 1.165) is 29.5 Å². The number of benzene rings is 1. The summed E-state index contributed by atoms with van der Waals surface area (Å²) in [5.41, 5.74) is 8.45. The van der Waals surface area contributed by atoms with Crippen molar-refractivity contribution in [3.05, 3.63) is 54.4 Å². The van der Waals surface area contributed by atoms with E-state index in [1.54, 1.807) is 12.4 Å². The Hall–Kier alpha value is -2.73. The largest absolute Gasteiger partial charge is 0.381 e. The Morgan fingerprint density at radius 1 is 1.07 bits per heavy atom. The van der Waals surface area contributed by atoms with Crippen molar-refractivity contribution >= 4 is 11.8 Å². The molecule has 0 aliphatic carbocycles. The van der Waals surface area contributed by atoms with Crippen LogP contribution in [0.1, 0.15) is 31.2 Å². The minimum Gasteiger partial charge on any atom is -0.381 e. The summed E-state index contributed by atoms with van der Waals surface area (Å²) in [6, 6.07) is 12.4. The number of hydrogen-bond donors (Lipinski definition) is 1. The van der Waals surface area contributed by atoms with E-state index in [0.29, 0.717) is 45.6 Å². The van der Waals surface area contributed by atoms with Crippen molar-refractivity contribution in [1.82, 2.24) is 9.88 Å². The van der Waals surface area contributed by atoms with Gasteiger partial charge in [0.05, 0.1) is 11.3 Å². The average molecular weight is 408 g/mol. The molecule has 2 aliphatic heterocycles. The molecule has 2 fully saturated rings. The van der Waals surface area contributed by atoms with Gasteiger partial charge in [0, 0.05) is 38.7 Å². The Kier molecular flexibility index (Phi) is 6.13. The maximum Gasteiger partial charge on any atom is 0.229 e. The fourth-order valence-electron chi connectivity index (χ4n) is 4.71. The van der Waals surface area contributed by atoms with Crippen LogP contribution in [0.4, 0.5) is 0 Å². The Morgan fingerprint density at radius 2 is 1.73 bits per heavy atom. The van der Waals surface area contributed by atoms with Crippen molar-refractivity contribution in [2.75, 3.05) is 26.3 Å². The topological polar surface area (TPSA) is 85.5 Å². The second-order valence-electron chi connectivity index (χ2n) is 8.49. The molecule has 1 aromatic heterocycles. The van der Waals surface area contributed by atoms with Gasteiger partial charge >= 0.3 is 0 Å². The lowest BCUT2D eigenvalue weighted by Crippen LogP contribution is -2.52. The number of hydrogen-bond acceptors (Lipinski definition) is 4. The number of ether oxygens (including phenoxy) is 1. The molecule has 0 bridgehead atoms. The lowest BCUT2D eigenvalue weighted by Gasteiger charge is -2.42. The highest BCUT2D eigenvalue weighted by Crippen LogP contribution is 2.38. The quantitative estimate of drug-likeness (QED) is 0.826. The number of rotatable bonds is 5. The molecule has 2 aromatic rings. The number of carbonyl (C=O) groups excluding carboxylic acids is 2. The van der Waals surface area contributed by atoms with Crippen LogP contribution in [0, 0.1) is 11.3 Å². The van der Waals surface area contributed by atoms with Gasteiger partial charge in [0.15, 0.2) is 0 Å². The van der Waals surface area contributed by atoms with E-state index in [4.69, 9.17) is 10.5 Å². The number of primary amides is 1. The fraction of sp³-hybridized carbons (Fsp3) is 0.458. The first kappa shape index (κ1) is 20.5. The molecule has 1 atom stereocenters. The van der Waals surface area contributed by atoms with Gasteiger partial charge in [0.1, 0.15) is 0 Å². The third-order valence-electron chi connectivity index (χ3n) is 6.52. The van der Waals surface area contributed by atoms with Crippen molar-refractivity contribution < 1.29 is 14.3 Å². The first-order valence-corrected chi connectivity index (χ1v) is 10.7. The third-order valence-corrected chi connectivity index (χ3v) is 6.52. The molecular weight excluding hydrogens is 378 g/mol. The van der Waals surface area contributed by atoms with E-state index in [1.165, 1.54) is 0 Å². The minimum absolute atomic E-state index is 0.148. The van der Waals surface area contributed by atoms with Crippen LogP contribution in [-0.4, -0.2) is 48.0 Å². The van der Waals surface area contributed by atoms with Crippen molar-refractivity contribution in [2.24, 2.45) is 17.1 Å². The van der Waals surface area contributed by atoms with Gasteiger partial charge in [-0.25, -0.2) is 0 Å². The number of piperidine rings is 1. The van der Waals surface area contributed by atoms with Crippen molar-refractivity contribution in [1.29, 1.82) is 0 Å². The van der Waals surface area contributed by atoms with E-state index in [1.807, 2.05) is 17.0 Å². The van der Waals surface area contributed by atoms with Crippen molar-refractivity contribution in [3.8, 4) is 11.1 Å². The van der Waals surface area contributed by atoms with Crippen molar-refractivity contribution in [3.63, 3.8) is 0 Å². The Bertz CT molecular complexity index is 876. The molecule has 2 amide bonds. The Morgan fingerprint density at radius 3 is 2.40 bits per heavy atom. The van der Waals surface area contributed by atoms with E-state index in [9.17, 15) is 9.59 Å². The molecule has 0 spiro atoms. The number of carbonyl (C=O) groups is 2. The standard InChI is InChI=1S/C24H29N3O3/c25-22(28)21-2-1-13-27(17-21)23(29)24(9-14-30-15-10-24)16-18-3-5-19(6-4-18)20-7-11-26-12-8-20/h3-8,11-12,21H,1-2,9-10,13-17H2,(H2,25,28). The van der Waals surface area contributed by atoms with Gasteiger partial charge in [-0.15, -0.1) is 0 Å². The zero-order valence-corrected chi connectivity index (χ0v) is 17.3. The minimum atomic E-state index is -0.476. The molecule has 30 heavy (non-hydrogen) atoms. The van der Waals surface area contributed by atoms with Crippen LogP contribution in [0.5, 0.6) is 0 Å². The first-order valence-electron chi connectivity index (χ1n) is 10.7. The van der Waals surface area contributed by atoms with Gasteiger partial charge in [-0.2, -0.15) is 0 Å². The highest BCUT2D eigenvalue weighted by Gasteiger charge is 2.43. The molecule has 1 aromatic carbocycles. The summed E-state index contributed by atoms with van der Waals surface area (Å²) < 4.78 is 5.59. The maximum atomic E-state index is 13.6. The molecule has 3 heterocycles. The molecule has 2 aliphatic rings. The molecule has 6 nitrogen and oxygen atoms in total. The van der Waals surface area contributed by atoms with Gasteiger partial charge in [-0.3, -0.25) is 14.6 Å². The molecule has 6 heteroatoms. The van der Waals surface area contributed by atoms with Gasteiger partial charge in [-0.1, -0.05) is 24.3 Å². The van der Waals surface area contributed by atoms with E-state index < -0.39 is 5.41 Å². The second-order valence-corrected chi connectivity index (χ2v) is 8.49. The number of nitrogens with zero attached hydrogens (tertiary/aromatic N) is 2. The van der Waals surface area contributed by atoms with Crippen molar-refractivity contribution in [2.45, 2.75) is 32.1 Å². The summed E-state index contributed by atoms with van der Waals surface area (Å²) in [4.78, 5) is 31.3. The van der Waals surface area contributed by atoms with Crippen LogP contribution < -0.4 is 5.73 Å². The van der Waals surface area contributed by atoms with Crippen LogP contribution in [0.2, 0.25) is 0 Å². The number of nitrogens with two attached hydrogens (primary N) is 1. The third kappa shape index (κ3) is 4.38. The monoisotopic (exact) mass is 407 g/mol. The number of pyridine rings is 1. The van der Waals surface area contributed by atoms with Crippen LogP contribution in [0.25, 0.3) is 11.1 Å². The molecule has 1 unspecified atom stereocenters. The summed E-state index contributed by atoms with van der Waals surface area (Å²) in [7, 11) is 0. The highest BCUT2D eigenvalue weighted by atomic mass is 16.5. The number of aromatic nitrogens is 1. The molecular formula is C24H29N3O3. The Labute approximate surface area is 177 Å². The van der Waals surface area contributed by atoms with E-state index >= 15 is 0 Å². The van der Waals surface area contributed by atoms with E-state index in [-0.39, 0.29) is 17.7 Å². The zero-order valence-electron chi connectivity index (χ0n) is 17.3. The first-order chi connectivity index (χ1) is 14.6. The molecule has 0 radical (unpaired) electrons. The smallest absolute Gasteiger partial charge is 0.229 e. The molecule has 0 saturated carbocycles. The summed E-state index contributed by atoms with van der Waals surface area (Å²) in [5.74, 6) is -0.394. The molecule has 158 valence electrons. The lowest BCUT2D eigenvalue weighted by molar-refractivity contribution is -0.150. The highest BCUT2D eigenvalue weighted by molar-refractivity contribution is 5.85. The Balaban J connectivity index is 1.53. The van der Waals surface area contributed by atoms with Gasteiger partial charge in [0.25, 0.3) is 0 Å². The summed E-state index contributed by atoms with van der Waals surface area (Å²) >= 11 is 0. The average Bonchev–Trinajstić information content (AvgIpc) is 2.80. The SMILES string of the molecule is NC(=O)C1CCCN(C(=O)C2(Cc3ccc(-c4ccncc4)cc3)CCOCC2)C1. The molecule has 4 rings (SSSR count). The lowest BCUT2D eigenvalue weighted by atomic mass is 9.73. The predicted molar refractivity (Wildman–Crippen MR) is 114 cm³/mol. The molecule has 2 saturated heterocycles. The summed E-state index contributed by atoms with van der Waals surface area (Å²) in [5, 5.41) is 0. The summed E-state index contributed by atoms with van der Waals surface area (Å²) in [6.07, 6.45) is 7.26. The van der Waals surface area contributed by atoms with Gasteiger partial charge in [-0.05, 0) is 60.9 Å². The van der Waals surface area contributed by atoms with Crippen LogP contribution >= 0.6 is 0 Å². The second kappa shape index (κ2) is 8.96. The normalized spacial score (nSPS) is 21.2. The summed E-state index contributed by atoms with van der Waals surface area (Å²) in [6.45, 7) is 2.33. The van der Waals surface area contributed by atoms with Gasteiger partial charge < -0.3 is 15.4 Å². The van der Waals surface area contributed by atoms with Gasteiger partial charge in [0.2, 0.25) is 11.8 Å². The van der Waals surface area contributed by atoms with Crippen LogP contribution in [0.3, 0.4) is 0 Å². The van der Waals surface area contributed by atoms with E-state index in [2.05, 4.69) is 29.2 Å². The number of likely N-dealkylation sites (tertiary alicyclic amines) is 1. The number of amides is 2. The maximum absolute atomic E-state index is 13.6. The fourth-order valence-corrected chi connectivity index (χ4v) is 4.71. The van der Waals surface area contributed by atoms with Crippen LogP contribution in [0.15, 0.2) is 48.8 Å². The van der Waals surface area contributed by atoms with Crippen LogP contribution in [-0.2, 0) is 20.7 Å². The molecule has 2 N–H and O–H groups in total. The predicted octanol–water partition coefficient (Wildman–Crippen LogP) is 2.81.